The molecule has 5 rings (SSSR count). The van der Waals surface area contributed by atoms with Crippen LogP contribution in [0.4, 0.5) is 5.69 Å². The molecule has 0 amide bonds. The maximum Gasteiger partial charge on any atom is 0.320 e. The van der Waals surface area contributed by atoms with Crippen molar-refractivity contribution >= 4 is 49.9 Å². The summed E-state index contributed by atoms with van der Waals surface area (Å²) in [6.45, 7) is 7.05. The molecule has 0 saturated carbocycles. The summed E-state index contributed by atoms with van der Waals surface area (Å²) >= 11 is 3.52. The number of aromatic nitrogens is 1. The second kappa shape index (κ2) is 10.8. The van der Waals surface area contributed by atoms with Crippen LogP contribution in [0.2, 0.25) is 0 Å². The van der Waals surface area contributed by atoms with Crippen molar-refractivity contribution in [2.45, 2.75) is 6.92 Å². The van der Waals surface area contributed by atoms with Gasteiger partial charge in [-0.1, -0.05) is 39.3 Å². The third kappa shape index (κ3) is 5.16. The van der Waals surface area contributed by atoms with E-state index in [4.69, 9.17) is 14.6 Å². The molecule has 2 aliphatic rings. The fourth-order valence-corrected chi connectivity index (χ4v) is 4.93. The van der Waals surface area contributed by atoms with Crippen LogP contribution in [0.5, 0.6) is 5.88 Å². The Morgan fingerprint density at radius 1 is 1.17 bits per heavy atom. The molecule has 1 fully saturated rings. The summed E-state index contributed by atoms with van der Waals surface area (Å²) in [5.41, 5.74) is 4.24. The van der Waals surface area contributed by atoms with Crippen molar-refractivity contribution in [2.75, 3.05) is 52.5 Å². The van der Waals surface area contributed by atoms with Gasteiger partial charge in [-0.05, 0) is 31.2 Å². The zero-order valence-corrected chi connectivity index (χ0v) is 21.6. The van der Waals surface area contributed by atoms with Gasteiger partial charge in [-0.2, -0.15) is 0 Å². The van der Waals surface area contributed by atoms with Gasteiger partial charge < -0.3 is 19.7 Å². The van der Waals surface area contributed by atoms with Crippen LogP contribution < -0.4 is 0 Å². The molecule has 0 aliphatic carbocycles. The summed E-state index contributed by atoms with van der Waals surface area (Å²) in [6, 6.07) is 13.5. The molecule has 2 aromatic carbocycles. The van der Waals surface area contributed by atoms with Gasteiger partial charge >= 0.3 is 5.97 Å². The van der Waals surface area contributed by atoms with E-state index in [0.29, 0.717) is 36.7 Å². The summed E-state index contributed by atoms with van der Waals surface area (Å²) in [5, 5.41) is 16.1. The van der Waals surface area contributed by atoms with Gasteiger partial charge in [0.1, 0.15) is 18.0 Å². The van der Waals surface area contributed by atoms with Crippen molar-refractivity contribution in [2.24, 2.45) is 10.1 Å². The van der Waals surface area contributed by atoms with Gasteiger partial charge in [-0.15, -0.1) is 0 Å². The lowest BCUT2D eigenvalue weighted by Gasteiger charge is -2.33. The third-order valence-electron chi connectivity index (χ3n) is 6.37. The number of benzene rings is 2. The van der Waals surface area contributed by atoms with Crippen LogP contribution in [-0.2, 0) is 14.4 Å². The number of rotatable bonds is 8. The molecule has 0 spiro atoms. The van der Waals surface area contributed by atoms with E-state index in [2.05, 4.69) is 35.9 Å². The van der Waals surface area contributed by atoms with Crippen molar-refractivity contribution in [3.63, 3.8) is 0 Å². The summed E-state index contributed by atoms with van der Waals surface area (Å²) in [5.74, 6) is -0.129. The number of aromatic hydroxyl groups is 1. The van der Waals surface area contributed by atoms with Crippen molar-refractivity contribution in [1.29, 1.82) is 0 Å². The monoisotopic (exact) mass is 553 g/mol. The largest absolute Gasteiger partial charge is 0.494 e. The van der Waals surface area contributed by atoms with Crippen LogP contribution >= 0.6 is 15.9 Å². The second-order valence-electron chi connectivity index (χ2n) is 8.71. The molecule has 9 nitrogen and oxygen atoms in total. The van der Waals surface area contributed by atoms with Gasteiger partial charge in [-0.25, -0.2) is 4.99 Å². The number of fused-ring (bicyclic) bond motifs is 2. The quantitative estimate of drug-likeness (QED) is 0.250. The van der Waals surface area contributed by atoms with Crippen LogP contribution in [0.1, 0.15) is 18.1 Å². The highest BCUT2D eigenvalue weighted by atomic mass is 79.9. The normalized spacial score (nSPS) is 17.4. The first-order chi connectivity index (χ1) is 17.5. The molecule has 0 atom stereocenters. The Hall–Kier alpha value is -3.21. The number of aromatic amines is 1. The molecule has 0 bridgehead atoms. The Kier molecular flexibility index (Phi) is 7.35. The Labute approximate surface area is 217 Å². The highest BCUT2D eigenvalue weighted by molar-refractivity contribution is 9.10. The van der Waals surface area contributed by atoms with E-state index >= 15 is 0 Å². The minimum Gasteiger partial charge on any atom is -0.494 e. The number of hydrogen-bond acceptors (Lipinski definition) is 8. The van der Waals surface area contributed by atoms with Crippen molar-refractivity contribution < 1.29 is 19.5 Å². The van der Waals surface area contributed by atoms with E-state index in [1.807, 2.05) is 49.4 Å². The first-order valence-corrected chi connectivity index (χ1v) is 12.8. The van der Waals surface area contributed by atoms with Crippen molar-refractivity contribution in [3.8, 4) is 5.88 Å². The highest BCUT2D eigenvalue weighted by Gasteiger charge is 2.29. The average Bonchev–Trinajstić information content (AvgIpc) is 3.38. The van der Waals surface area contributed by atoms with E-state index in [-0.39, 0.29) is 11.8 Å². The smallest absolute Gasteiger partial charge is 0.320 e. The number of nitrogens with zero attached hydrogens (tertiary/aromatic N) is 4. The molecule has 0 radical (unpaired) electrons. The Bertz CT molecular complexity index is 1330. The zero-order chi connectivity index (χ0) is 25.1. The fraction of sp³-hybridized carbons (Fsp3) is 0.346. The Morgan fingerprint density at radius 2 is 1.94 bits per heavy atom. The van der Waals surface area contributed by atoms with Gasteiger partial charge in [0.2, 0.25) is 0 Å². The maximum atomic E-state index is 11.7. The molecule has 0 unspecified atom stereocenters. The number of halogens is 1. The first kappa shape index (κ1) is 24.5. The van der Waals surface area contributed by atoms with Crippen molar-refractivity contribution in [3.05, 3.63) is 58.1 Å². The van der Waals surface area contributed by atoms with Crippen LogP contribution in [0, 0.1) is 0 Å². The summed E-state index contributed by atoms with van der Waals surface area (Å²) in [6.07, 6.45) is 0. The maximum absolute atomic E-state index is 11.7. The molecule has 3 heterocycles. The molecular formula is C26H28BrN5O4. The molecular weight excluding hydrogens is 526 g/mol. The topological polar surface area (TPSA) is 103 Å². The molecule has 2 aliphatic heterocycles. The molecule has 1 saturated heterocycles. The first-order valence-electron chi connectivity index (χ1n) is 12.0. The van der Waals surface area contributed by atoms with Gasteiger partial charge in [0.05, 0.1) is 24.4 Å². The lowest BCUT2D eigenvalue weighted by atomic mass is 10.0. The van der Waals surface area contributed by atoms with Crippen molar-refractivity contribution in [1.82, 2.24) is 14.8 Å². The van der Waals surface area contributed by atoms with Gasteiger partial charge in [0.15, 0.2) is 5.88 Å². The van der Waals surface area contributed by atoms with Gasteiger partial charge in [0, 0.05) is 53.7 Å². The van der Waals surface area contributed by atoms with E-state index < -0.39 is 0 Å². The van der Waals surface area contributed by atoms with Crippen LogP contribution in [0.15, 0.2) is 57.1 Å². The predicted molar refractivity (Wildman–Crippen MR) is 142 cm³/mol. The molecule has 3 aromatic rings. The van der Waals surface area contributed by atoms with Gasteiger partial charge in [-0.3, -0.25) is 14.6 Å². The number of oxime groups is 1. The molecule has 36 heavy (non-hydrogen) atoms. The summed E-state index contributed by atoms with van der Waals surface area (Å²) in [4.78, 5) is 29.7. The van der Waals surface area contributed by atoms with E-state index in [9.17, 15) is 9.90 Å². The molecule has 188 valence electrons. The number of carbonyl (C=O) groups is 1. The fourth-order valence-electron chi connectivity index (χ4n) is 4.57. The minimum absolute atomic E-state index is 0.0445. The number of esters is 1. The number of para-hydroxylation sites is 1. The van der Waals surface area contributed by atoms with Crippen LogP contribution in [-0.4, -0.2) is 89.8 Å². The molecule has 10 heteroatoms. The van der Waals surface area contributed by atoms with Gasteiger partial charge in [0.25, 0.3) is 0 Å². The number of carbonyl (C=O) groups excluding carboxylic acids is 1. The predicted octanol–water partition coefficient (Wildman–Crippen LogP) is 3.67. The second-order valence-corrected chi connectivity index (χ2v) is 9.63. The van der Waals surface area contributed by atoms with Crippen LogP contribution in [0.3, 0.4) is 0 Å². The Morgan fingerprint density at radius 3 is 2.75 bits per heavy atom. The molecule has 1 aromatic heterocycles. The van der Waals surface area contributed by atoms with E-state index in [1.165, 1.54) is 0 Å². The number of ether oxygens (including phenoxy) is 1. The minimum atomic E-state index is -0.173. The number of hydrogen-bond donors (Lipinski definition) is 2. The van der Waals surface area contributed by atoms with Crippen LogP contribution in [0.25, 0.3) is 10.9 Å². The summed E-state index contributed by atoms with van der Waals surface area (Å²) < 4.78 is 5.94. The highest BCUT2D eigenvalue weighted by Crippen LogP contribution is 2.36. The lowest BCUT2D eigenvalue weighted by Crippen LogP contribution is -2.48. The standard InChI is InChI=1S/C26H28BrN5O4/c1-2-35-22(33)16-32-11-9-31(10-12-32)13-14-36-30-24-18-5-3-4-6-20(18)28-25(24)23-19-15-17(27)7-8-21(19)29-26(23)34/h3-8,15,29,34H,2,9-14,16H2,1H3/b30-24+. The Balaban J connectivity index is 1.26. The number of piperazine rings is 1. The average molecular weight is 554 g/mol. The lowest BCUT2D eigenvalue weighted by molar-refractivity contribution is -0.144. The number of nitrogens with one attached hydrogen (secondary N) is 1. The number of H-pyrrole nitrogens is 1. The number of aliphatic imine (C=N–C) groups is 1. The van der Waals surface area contributed by atoms with E-state index in [0.717, 1.165) is 59.4 Å². The SMILES string of the molecule is CCOC(=O)CN1CCN(CCO/N=C2/C(c3c(O)[nH]c4ccc(Br)cc34)=Nc3ccccc32)CC1. The zero-order valence-electron chi connectivity index (χ0n) is 20.0. The summed E-state index contributed by atoms with van der Waals surface area (Å²) in [7, 11) is 0. The van der Waals surface area contributed by atoms with E-state index in [1.54, 1.807) is 0 Å². The third-order valence-corrected chi connectivity index (χ3v) is 6.86. The molecule has 2 N–H and O–H groups in total.